The van der Waals surface area contributed by atoms with Gasteiger partial charge < -0.3 is 20.0 Å². The van der Waals surface area contributed by atoms with Gasteiger partial charge in [0.1, 0.15) is 27.0 Å². The number of nitrogens with zero attached hydrogens (tertiary/aromatic N) is 5. The number of hydrogen-bond acceptors (Lipinski definition) is 7. The van der Waals surface area contributed by atoms with Crippen LogP contribution < -0.4 is 5.32 Å². The van der Waals surface area contributed by atoms with Gasteiger partial charge in [-0.1, -0.05) is 49.2 Å². The van der Waals surface area contributed by atoms with Crippen molar-refractivity contribution in [2.75, 3.05) is 26.2 Å². The number of allylic oxidation sites excluding steroid dienone is 1. The predicted molar refractivity (Wildman–Crippen MR) is 175 cm³/mol. The quantitative estimate of drug-likeness (QED) is 0.358. The number of piperazine rings is 1. The molecule has 45 heavy (non-hydrogen) atoms. The fourth-order valence-corrected chi connectivity index (χ4v) is 8.97. The highest BCUT2D eigenvalue weighted by Crippen LogP contribution is 2.57. The van der Waals surface area contributed by atoms with E-state index >= 15 is 0 Å². The van der Waals surface area contributed by atoms with E-state index in [1.54, 1.807) is 23.2 Å². The Balaban J connectivity index is 1.27. The maximum atomic E-state index is 15.0. The highest BCUT2D eigenvalue weighted by molar-refractivity contribution is 8.18. The molecule has 0 unspecified atom stereocenters. The van der Waals surface area contributed by atoms with Crippen LogP contribution in [0, 0.1) is 11.7 Å². The minimum absolute atomic E-state index is 0.0362. The number of rotatable bonds is 7. The number of aliphatic imine (C=N–C) groups is 1. The first-order valence-electron chi connectivity index (χ1n) is 15.7. The van der Waals surface area contributed by atoms with Crippen molar-refractivity contribution in [2.24, 2.45) is 10.9 Å². The lowest BCUT2D eigenvalue weighted by Crippen LogP contribution is -2.60. The van der Waals surface area contributed by atoms with Crippen LogP contribution >= 0.6 is 35.0 Å². The molecule has 5 aliphatic rings. The number of aromatic nitrogens is 1. The zero-order valence-electron chi connectivity index (χ0n) is 25.9. The van der Waals surface area contributed by atoms with Gasteiger partial charge in [0.2, 0.25) is 5.91 Å². The number of carbonyl (C=O) groups is 2. The normalized spacial score (nSPS) is 26.0. The molecule has 1 saturated heterocycles. The van der Waals surface area contributed by atoms with Gasteiger partial charge in [0.25, 0.3) is 5.91 Å². The number of likely N-dealkylation sites (N-methyl/N-ethyl adjacent to an activating group) is 1. The van der Waals surface area contributed by atoms with E-state index in [2.05, 4.69) is 29.0 Å². The van der Waals surface area contributed by atoms with Crippen molar-refractivity contribution in [1.82, 2.24) is 25.0 Å². The van der Waals surface area contributed by atoms with Gasteiger partial charge in [0.05, 0.1) is 11.1 Å². The minimum Gasteiger partial charge on any atom is -0.338 e. The Morgan fingerprint density at radius 2 is 1.93 bits per heavy atom. The molecule has 8 nitrogen and oxygen atoms in total. The third-order valence-corrected chi connectivity index (χ3v) is 11.6. The topological polar surface area (TPSA) is 81.1 Å². The van der Waals surface area contributed by atoms with Gasteiger partial charge in [0, 0.05) is 49.2 Å². The lowest BCUT2D eigenvalue weighted by Gasteiger charge is -2.40. The van der Waals surface area contributed by atoms with Crippen molar-refractivity contribution in [3.63, 3.8) is 0 Å². The second kappa shape index (κ2) is 11.0. The molecular formula is C33H37Cl2FN6O2S. The Morgan fingerprint density at radius 1 is 1.18 bits per heavy atom. The van der Waals surface area contributed by atoms with E-state index in [0.717, 1.165) is 30.6 Å². The Bertz CT molecular complexity index is 1640. The van der Waals surface area contributed by atoms with Crippen molar-refractivity contribution >= 4 is 51.9 Å². The van der Waals surface area contributed by atoms with E-state index in [9.17, 15) is 14.0 Å². The fourth-order valence-electron chi connectivity index (χ4n) is 7.38. The average Bonchev–Trinajstić information content (AvgIpc) is 3.91. The molecule has 0 radical (unpaired) electrons. The van der Waals surface area contributed by atoms with Crippen LogP contribution in [-0.4, -0.2) is 73.9 Å². The minimum atomic E-state index is -0.867. The first kappa shape index (κ1) is 31.0. The third kappa shape index (κ3) is 4.98. The Labute approximate surface area is 277 Å². The lowest BCUT2D eigenvalue weighted by molar-refractivity contribution is -0.146. The summed E-state index contributed by atoms with van der Waals surface area (Å²) in [6.45, 7) is 10.6. The number of nitrogens with one attached hydrogen (secondary N) is 1. The van der Waals surface area contributed by atoms with Crippen LogP contribution in [0.2, 0.25) is 10.2 Å². The van der Waals surface area contributed by atoms with Gasteiger partial charge in [0.15, 0.2) is 5.17 Å². The van der Waals surface area contributed by atoms with E-state index < -0.39 is 22.9 Å². The van der Waals surface area contributed by atoms with Crippen LogP contribution in [0.5, 0.6) is 0 Å². The number of benzene rings is 1. The van der Waals surface area contributed by atoms with Crippen molar-refractivity contribution in [3.05, 3.63) is 74.3 Å². The monoisotopic (exact) mass is 670 g/mol. The highest BCUT2D eigenvalue weighted by Gasteiger charge is 2.61. The van der Waals surface area contributed by atoms with Crippen LogP contribution in [0.15, 0.2) is 52.1 Å². The van der Waals surface area contributed by atoms with Gasteiger partial charge in [-0.3, -0.25) is 9.59 Å². The molecule has 4 heterocycles. The number of halogens is 3. The smallest absolute Gasteiger partial charge is 0.263 e. The molecule has 1 aromatic heterocycles. The Kier molecular flexibility index (Phi) is 7.54. The third-order valence-electron chi connectivity index (χ3n) is 10.0. The van der Waals surface area contributed by atoms with Crippen LogP contribution in [-0.2, 0) is 15.1 Å². The molecule has 1 spiro atoms. The lowest BCUT2D eigenvalue weighted by atomic mass is 9.81. The van der Waals surface area contributed by atoms with E-state index in [1.807, 2.05) is 30.9 Å². The molecule has 238 valence electrons. The summed E-state index contributed by atoms with van der Waals surface area (Å²) in [5.74, 6) is -0.678. The molecule has 2 aliphatic carbocycles. The molecule has 3 aliphatic heterocycles. The predicted octanol–water partition coefficient (Wildman–Crippen LogP) is 6.12. The van der Waals surface area contributed by atoms with Crippen molar-refractivity contribution in [3.8, 4) is 0 Å². The molecule has 12 heteroatoms. The summed E-state index contributed by atoms with van der Waals surface area (Å²) in [7, 11) is 0. The molecule has 1 aromatic carbocycles. The number of pyridine rings is 1. The zero-order valence-corrected chi connectivity index (χ0v) is 28.2. The second-order valence-corrected chi connectivity index (χ2v) is 15.1. The first-order chi connectivity index (χ1) is 21.4. The number of carbonyl (C=O) groups excluding carboxylic acids is 2. The summed E-state index contributed by atoms with van der Waals surface area (Å²) in [4.78, 5) is 44.7. The van der Waals surface area contributed by atoms with Crippen LogP contribution in [0.3, 0.4) is 0 Å². The number of thioether (sulfide) groups is 1. The highest BCUT2D eigenvalue weighted by atomic mass is 35.5. The summed E-state index contributed by atoms with van der Waals surface area (Å²) < 4.78 is 15.0. The van der Waals surface area contributed by atoms with E-state index in [1.165, 1.54) is 17.8 Å². The molecule has 2 atom stereocenters. The molecule has 2 saturated carbocycles. The summed E-state index contributed by atoms with van der Waals surface area (Å²) in [6, 6.07) is 7.95. The van der Waals surface area contributed by atoms with Gasteiger partial charge in [-0.15, -0.1) is 0 Å². The van der Waals surface area contributed by atoms with Crippen LogP contribution in [0.25, 0.3) is 0 Å². The maximum absolute atomic E-state index is 15.0. The summed E-state index contributed by atoms with van der Waals surface area (Å²) in [6.07, 6.45) is 5.20. The molecule has 2 amide bonds. The number of fused-ring (bicyclic) bond motifs is 1. The zero-order chi connectivity index (χ0) is 31.9. The molecule has 1 N–H and O–H groups in total. The standard InChI is InChI=1S/C33H37Cl2FN6O2S/c1-5-41(33(12-13-33)29(44)40-15-14-38-32(18-40)10-11-32)28(43)26-25(19(2)3)42-27(20-6-8-22(34)23(36)16-20)31(4,39-30(42)45-26)21-7-9-24(35)37-17-21/h6-9,16-17,19,27,38H,5,10-15,18H2,1-4H3/t27-,31+/m1/s1. The molecule has 3 fully saturated rings. The van der Waals surface area contributed by atoms with Crippen molar-refractivity contribution < 1.29 is 14.0 Å². The fraction of sp³-hybridized carbons (Fsp3) is 0.515. The van der Waals surface area contributed by atoms with Gasteiger partial charge in [-0.05, 0) is 81.0 Å². The molecular weight excluding hydrogens is 634 g/mol. The molecule has 0 bridgehead atoms. The van der Waals surface area contributed by atoms with E-state index in [-0.39, 0.29) is 28.3 Å². The summed E-state index contributed by atoms with van der Waals surface area (Å²) in [5, 5.41) is 4.64. The Morgan fingerprint density at radius 3 is 2.53 bits per heavy atom. The van der Waals surface area contributed by atoms with Crippen molar-refractivity contribution in [1.29, 1.82) is 0 Å². The van der Waals surface area contributed by atoms with Gasteiger partial charge in [-0.25, -0.2) is 14.4 Å². The van der Waals surface area contributed by atoms with E-state index in [0.29, 0.717) is 53.3 Å². The average molecular weight is 672 g/mol. The summed E-state index contributed by atoms with van der Waals surface area (Å²) >= 11 is 13.6. The van der Waals surface area contributed by atoms with Crippen LogP contribution in [0.1, 0.15) is 70.5 Å². The van der Waals surface area contributed by atoms with E-state index in [4.69, 9.17) is 28.2 Å². The molecule has 2 aromatic rings. The maximum Gasteiger partial charge on any atom is 0.263 e. The first-order valence-corrected chi connectivity index (χ1v) is 17.2. The largest absolute Gasteiger partial charge is 0.338 e. The summed E-state index contributed by atoms with van der Waals surface area (Å²) in [5.41, 5.74) is 0.684. The van der Waals surface area contributed by atoms with Gasteiger partial charge in [-0.2, -0.15) is 0 Å². The SMILES string of the molecule is CCN(C(=O)C1=C(C(C)C)N2C(=N[C@@](C)(c3ccc(Cl)nc3)[C@H]2c2ccc(Cl)c(F)c2)S1)C1(C(=O)N2CCNC3(CC3)C2)CC1. The van der Waals surface area contributed by atoms with Crippen molar-refractivity contribution in [2.45, 2.75) is 76.0 Å². The Hall–Kier alpha value is -2.66. The number of amides is 2. The van der Waals surface area contributed by atoms with Crippen LogP contribution in [0.4, 0.5) is 4.39 Å². The number of amidine groups is 1. The molecule has 7 rings (SSSR count). The second-order valence-electron chi connectivity index (χ2n) is 13.3. The number of hydrogen-bond donors (Lipinski definition) is 1. The van der Waals surface area contributed by atoms with Gasteiger partial charge >= 0.3 is 0 Å².